The Labute approximate surface area is 138 Å². The third kappa shape index (κ3) is 5.51. The Balaban J connectivity index is 1.80. The minimum atomic E-state index is -4.49. The summed E-state index contributed by atoms with van der Waals surface area (Å²) in [6.45, 7) is -0.423. The minimum Gasteiger partial charge on any atom is -0.461 e. The van der Waals surface area contributed by atoms with Crippen molar-refractivity contribution in [1.82, 2.24) is 0 Å². The van der Waals surface area contributed by atoms with E-state index in [9.17, 15) is 26.4 Å². The van der Waals surface area contributed by atoms with Crippen molar-refractivity contribution in [1.29, 1.82) is 0 Å². The van der Waals surface area contributed by atoms with E-state index < -0.39 is 34.2 Å². The van der Waals surface area contributed by atoms with Crippen LogP contribution in [0, 0.1) is 5.92 Å². The van der Waals surface area contributed by atoms with E-state index in [1.165, 1.54) is 18.2 Å². The standard InChI is InChI=1S/C16H19F3O4S/c17-16(18,19)14-4-2-1-3-13(14)11-23-15(20)6-5-12-7-9-24(21,22)10-8-12/h1-4,12H,5-11H2. The van der Waals surface area contributed by atoms with Crippen molar-refractivity contribution in [3.63, 3.8) is 0 Å². The fourth-order valence-corrected chi connectivity index (χ4v) is 4.29. The average Bonchev–Trinajstić information content (AvgIpc) is 2.51. The summed E-state index contributed by atoms with van der Waals surface area (Å²) in [6.07, 6.45) is -2.87. The van der Waals surface area contributed by atoms with Crippen molar-refractivity contribution >= 4 is 15.8 Å². The Bertz CT molecular complexity index is 669. The number of rotatable bonds is 5. The summed E-state index contributed by atoms with van der Waals surface area (Å²) in [5.74, 6) is -0.166. The van der Waals surface area contributed by atoms with Gasteiger partial charge in [-0.1, -0.05) is 18.2 Å². The van der Waals surface area contributed by atoms with Crippen LogP contribution in [0.4, 0.5) is 13.2 Å². The first kappa shape index (κ1) is 18.8. The number of benzene rings is 1. The zero-order chi connectivity index (χ0) is 17.8. The molecule has 2 rings (SSSR count). The highest BCUT2D eigenvalue weighted by molar-refractivity contribution is 7.91. The number of alkyl halides is 3. The molecule has 0 saturated carbocycles. The molecule has 0 N–H and O–H groups in total. The maximum atomic E-state index is 12.8. The summed E-state index contributed by atoms with van der Waals surface area (Å²) in [5, 5.41) is 0. The van der Waals surface area contributed by atoms with Gasteiger partial charge in [-0.2, -0.15) is 13.2 Å². The number of halogens is 3. The number of hydrogen-bond donors (Lipinski definition) is 0. The highest BCUT2D eigenvalue weighted by Gasteiger charge is 2.33. The van der Waals surface area contributed by atoms with Crippen LogP contribution in [-0.4, -0.2) is 25.9 Å². The van der Waals surface area contributed by atoms with Gasteiger partial charge in [0, 0.05) is 12.0 Å². The maximum absolute atomic E-state index is 12.8. The second kappa shape index (κ2) is 7.55. The molecular formula is C16H19F3O4S. The molecule has 0 aromatic heterocycles. The Kier molecular flexibility index (Phi) is 5.90. The Morgan fingerprint density at radius 1 is 1.17 bits per heavy atom. The molecular weight excluding hydrogens is 345 g/mol. The van der Waals surface area contributed by atoms with Crippen LogP contribution in [0.1, 0.15) is 36.8 Å². The molecule has 1 aromatic rings. The van der Waals surface area contributed by atoms with E-state index in [-0.39, 0.29) is 29.4 Å². The van der Waals surface area contributed by atoms with Crippen LogP contribution in [0.5, 0.6) is 0 Å². The van der Waals surface area contributed by atoms with Crippen LogP contribution >= 0.6 is 0 Å². The number of carbonyl (C=O) groups is 1. The molecule has 8 heteroatoms. The molecule has 4 nitrogen and oxygen atoms in total. The quantitative estimate of drug-likeness (QED) is 0.752. The summed E-state index contributed by atoms with van der Waals surface area (Å²) in [5.41, 5.74) is -0.891. The predicted octanol–water partition coefficient (Wildman–Crippen LogP) is 3.35. The number of ether oxygens (including phenoxy) is 1. The first-order valence-electron chi connectivity index (χ1n) is 7.68. The lowest BCUT2D eigenvalue weighted by molar-refractivity contribution is -0.148. The fourth-order valence-electron chi connectivity index (χ4n) is 2.70. The van der Waals surface area contributed by atoms with Crippen molar-refractivity contribution in [2.24, 2.45) is 5.92 Å². The highest BCUT2D eigenvalue weighted by atomic mass is 32.2. The van der Waals surface area contributed by atoms with Crippen molar-refractivity contribution in [3.05, 3.63) is 35.4 Å². The third-order valence-electron chi connectivity index (χ3n) is 4.14. The van der Waals surface area contributed by atoms with Crippen LogP contribution in [0.2, 0.25) is 0 Å². The van der Waals surface area contributed by atoms with Gasteiger partial charge in [0.1, 0.15) is 16.4 Å². The molecule has 0 unspecified atom stereocenters. The Hall–Kier alpha value is -1.57. The van der Waals surface area contributed by atoms with Gasteiger partial charge in [-0.25, -0.2) is 8.42 Å². The van der Waals surface area contributed by atoms with Crippen molar-refractivity contribution in [2.75, 3.05) is 11.5 Å². The lowest BCUT2D eigenvalue weighted by Gasteiger charge is -2.21. The van der Waals surface area contributed by atoms with Gasteiger partial charge in [0.15, 0.2) is 0 Å². The van der Waals surface area contributed by atoms with E-state index >= 15 is 0 Å². The van der Waals surface area contributed by atoms with Crippen LogP contribution < -0.4 is 0 Å². The maximum Gasteiger partial charge on any atom is 0.416 e. The van der Waals surface area contributed by atoms with Crippen molar-refractivity contribution < 1.29 is 31.1 Å². The summed E-state index contributed by atoms with van der Waals surface area (Å²) < 4.78 is 66.1. The Morgan fingerprint density at radius 2 is 1.79 bits per heavy atom. The van der Waals surface area contributed by atoms with Gasteiger partial charge in [-0.15, -0.1) is 0 Å². The SMILES string of the molecule is O=C(CCC1CCS(=O)(=O)CC1)OCc1ccccc1C(F)(F)F. The van der Waals surface area contributed by atoms with Gasteiger partial charge in [-0.3, -0.25) is 4.79 Å². The molecule has 0 spiro atoms. The van der Waals surface area contributed by atoms with Gasteiger partial charge in [-0.05, 0) is 31.2 Å². The number of esters is 1. The molecule has 24 heavy (non-hydrogen) atoms. The molecule has 0 bridgehead atoms. The monoisotopic (exact) mass is 364 g/mol. The molecule has 1 aromatic carbocycles. The molecule has 134 valence electrons. The molecule has 1 aliphatic rings. The molecule has 1 fully saturated rings. The largest absolute Gasteiger partial charge is 0.461 e. The van der Waals surface area contributed by atoms with Gasteiger partial charge >= 0.3 is 12.1 Å². The first-order valence-corrected chi connectivity index (χ1v) is 9.51. The molecule has 1 aliphatic heterocycles. The summed E-state index contributed by atoms with van der Waals surface area (Å²) >= 11 is 0. The lowest BCUT2D eigenvalue weighted by Crippen LogP contribution is -2.23. The fraction of sp³-hybridized carbons (Fsp3) is 0.562. The molecule has 1 heterocycles. The van der Waals surface area contributed by atoms with E-state index in [2.05, 4.69) is 0 Å². The zero-order valence-electron chi connectivity index (χ0n) is 13.0. The summed E-state index contributed by atoms with van der Waals surface area (Å²) in [7, 11) is -2.94. The molecule has 1 saturated heterocycles. The minimum absolute atomic E-state index is 0.0814. The molecule has 0 amide bonds. The van der Waals surface area contributed by atoms with Crippen LogP contribution in [0.25, 0.3) is 0 Å². The van der Waals surface area contributed by atoms with Gasteiger partial charge in [0.25, 0.3) is 0 Å². The average molecular weight is 364 g/mol. The van der Waals surface area contributed by atoms with Crippen LogP contribution in [-0.2, 0) is 32.2 Å². The van der Waals surface area contributed by atoms with Crippen molar-refractivity contribution in [3.8, 4) is 0 Å². The first-order chi connectivity index (χ1) is 11.2. The molecule has 0 radical (unpaired) electrons. The van der Waals surface area contributed by atoms with Gasteiger partial charge in [0.2, 0.25) is 0 Å². The Morgan fingerprint density at radius 3 is 2.42 bits per heavy atom. The lowest BCUT2D eigenvalue weighted by atomic mass is 9.97. The highest BCUT2D eigenvalue weighted by Crippen LogP contribution is 2.32. The van der Waals surface area contributed by atoms with Gasteiger partial charge < -0.3 is 4.74 Å². The summed E-state index contributed by atoms with van der Waals surface area (Å²) in [4.78, 5) is 11.7. The van der Waals surface area contributed by atoms with E-state index in [1.807, 2.05) is 0 Å². The van der Waals surface area contributed by atoms with Crippen LogP contribution in [0.15, 0.2) is 24.3 Å². The number of sulfone groups is 1. The van der Waals surface area contributed by atoms with E-state index in [4.69, 9.17) is 4.74 Å². The second-order valence-electron chi connectivity index (χ2n) is 5.95. The third-order valence-corrected chi connectivity index (χ3v) is 5.86. The zero-order valence-corrected chi connectivity index (χ0v) is 13.8. The summed E-state index contributed by atoms with van der Waals surface area (Å²) in [6, 6.07) is 4.97. The topological polar surface area (TPSA) is 60.4 Å². The van der Waals surface area contributed by atoms with E-state index in [0.717, 1.165) is 6.07 Å². The molecule has 0 aliphatic carbocycles. The van der Waals surface area contributed by atoms with E-state index in [0.29, 0.717) is 19.3 Å². The van der Waals surface area contributed by atoms with Crippen molar-refractivity contribution in [2.45, 2.75) is 38.5 Å². The van der Waals surface area contributed by atoms with Gasteiger partial charge in [0.05, 0.1) is 17.1 Å². The smallest absolute Gasteiger partial charge is 0.416 e. The predicted molar refractivity (Wildman–Crippen MR) is 81.9 cm³/mol. The van der Waals surface area contributed by atoms with E-state index in [1.54, 1.807) is 0 Å². The van der Waals surface area contributed by atoms with Crippen LogP contribution in [0.3, 0.4) is 0 Å². The second-order valence-corrected chi connectivity index (χ2v) is 8.25. The number of carbonyl (C=O) groups excluding carboxylic acids is 1. The number of hydrogen-bond acceptors (Lipinski definition) is 4. The normalized spacial score (nSPS) is 18.3. The molecule has 0 atom stereocenters.